The minimum atomic E-state index is 0.149. The molecule has 0 aliphatic rings. The molecule has 0 rings (SSSR count). The molecule has 0 saturated carbocycles. The highest BCUT2D eigenvalue weighted by atomic mass is 16.5. The molecule has 1 atom stereocenters. The number of hydrogen-bond donors (Lipinski definition) is 1. The van der Waals surface area contributed by atoms with Gasteiger partial charge in [-0.05, 0) is 33.6 Å². The standard InChI is InChI=1S/C13H29NO2/c1-7-15-8-9-16-12(11(2)3)10-14-13(4,5)6/h11-12,14H,7-10H2,1-6H3. The van der Waals surface area contributed by atoms with E-state index in [0.717, 1.165) is 13.2 Å². The van der Waals surface area contributed by atoms with E-state index in [4.69, 9.17) is 9.47 Å². The Morgan fingerprint density at radius 2 is 1.75 bits per heavy atom. The first-order valence-electron chi connectivity index (χ1n) is 6.31. The van der Waals surface area contributed by atoms with E-state index >= 15 is 0 Å². The molecule has 0 aliphatic heterocycles. The van der Waals surface area contributed by atoms with E-state index in [0.29, 0.717) is 19.1 Å². The predicted molar refractivity (Wildman–Crippen MR) is 68.8 cm³/mol. The van der Waals surface area contributed by atoms with Crippen molar-refractivity contribution in [2.45, 2.75) is 53.2 Å². The summed E-state index contributed by atoms with van der Waals surface area (Å²) >= 11 is 0. The summed E-state index contributed by atoms with van der Waals surface area (Å²) in [7, 11) is 0. The first-order chi connectivity index (χ1) is 7.37. The fraction of sp³-hybridized carbons (Fsp3) is 1.00. The Balaban J connectivity index is 3.80. The normalized spacial score (nSPS) is 14.4. The van der Waals surface area contributed by atoms with Crippen molar-refractivity contribution in [2.24, 2.45) is 5.92 Å². The number of rotatable bonds is 8. The topological polar surface area (TPSA) is 30.5 Å². The van der Waals surface area contributed by atoms with Gasteiger partial charge in [0.1, 0.15) is 0 Å². The van der Waals surface area contributed by atoms with Crippen molar-refractivity contribution in [1.82, 2.24) is 5.32 Å². The van der Waals surface area contributed by atoms with Gasteiger partial charge in [-0.3, -0.25) is 0 Å². The van der Waals surface area contributed by atoms with Gasteiger partial charge in [0.2, 0.25) is 0 Å². The fourth-order valence-corrected chi connectivity index (χ4v) is 1.30. The molecule has 0 spiro atoms. The van der Waals surface area contributed by atoms with Crippen molar-refractivity contribution in [2.75, 3.05) is 26.4 Å². The van der Waals surface area contributed by atoms with Crippen molar-refractivity contribution in [3.05, 3.63) is 0 Å². The first kappa shape index (κ1) is 15.9. The molecule has 0 saturated heterocycles. The Bertz CT molecular complexity index is 164. The molecular formula is C13H29NO2. The third-order valence-corrected chi connectivity index (χ3v) is 2.34. The van der Waals surface area contributed by atoms with E-state index in [2.05, 4.69) is 39.9 Å². The lowest BCUT2D eigenvalue weighted by atomic mass is 10.0. The van der Waals surface area contributed by atoms with Crippen LogP contribution in [0, 0.1) is 5.92 Å². The lowest BCUT2D eigenvalue weighted by molar-refractivity contribution is -0.0142. The van der Waals surface area contributed by atoms with E-state index in [1.165, 1.54) is 0 Å². The summed E-state index contributed by atoms with van der Waals surface area (Å²) in [5.74, 6) is 0.525. The van der Waals surface area contributed by atoms with Gasteiger partial charge in [-0.15, -0.1) is 0 Å². The van der Waals surface area contributed by atoms with Crippen LogP contribution in [-0.4, -0.2) is 38.0 Å². The molecule has 0 aromatic carbocycles. The summed E-state index contributed by atoms with van der Waals surface area (Å²) < 4.78 is 11.1. The lowest BCUT2D eigenvalue weighted by Crippen LogP contribution is -2.43. The molecule has 16 heavy (non-hydrogen) atoms. The largest absolute Gasteiger partial charge is 0.379 e. The Labute approximate surface area is 101 Å². The van der Waals surface area contributed by atoms with Gasteiger partial charge in [-0.1, -0.05) is 13.8 Å². The molecule has 1 unspecified atom stereocenters. The molecule has 0 heterocycles. The van der Waals surface area contributed by atoms with Crippen LogP contribution in [-0.2, 0) is 9.47 Å². The van der Waals surface area contributed by atoms with E-state index in [1.807, 2.05) is 6.92 Å². The van der Waals surface area contributed by atoms with Crippen molar-refractivity contribution in [3.63, 3.8) is 0 Å². The number of hydrogen-bond acceptors (Lipinski definition) is 3. The van der Waals surface area contributed by atoms with Gasteiger partial charge in [0, 0.05) is 18.7 Å². The van der Waals surface area contributed by atoms with Crippen LogP contribution in [0.5, 0.6) is 0 Å². The smallest absolute Gasteiger partial charge is 0.0723 e. The maximum atomic E-state index is 5.81. The molecule has 1 N–H and O–H groups in total. The average Bonchev–Trinajstić information content (AvgIpc) is 2.14. The van der Waals surface area contributed by atoms with Crippen LogP contribution in [0.25, 0.3) is 0 Å². The van der Waals surface area contributed by atoms with E-state index in [9.17, 15) is 0 Å². The van der Waals surface area contributed by atoms with Gasteiger partial charge in [0.05, 0.1) is 19.3 Å². The van der Waals surface area contributed by atoms with Gasteiger partial charge in [0.15, 0.2) is 0 Å². The molecule has 0 amide bonds. The first-order valence-corrected chi connectivity index (χ1v) is 6.31. The summed E-state index contributed by atoms with van der Waals surface area (Å²) in [6, 6.07) is 0. The average molecular weight is 231 g/mol. The van der Waals surface area contributed by atoms with E-state index < -0.39 is 0 Å². The zero-order valence-electron chi connectivity index (χ0n) is 11.8. The van der Waals surface area contributed by atoms with E-state index in [1.54, 1.807) is 0 Å². The highest BCUT2D eigenvalue weighted by Gasteiger charge is 2.17. The van der Waals surface area contributed by atoms with Crippen LogP contribution in [0.1, 0.15) is 41.5 Å². The van der Waals surface area contributed by atoms with Crippen molar-refractivity contribution in [3.8, 4) is 0 Å². The van der Waals surface area contributed by atoms with Gasteiger partial charge >= 0.3 is 0 Å². The van der Waals surface area contributed by atoms with Crippen LogP contribution >= 0.6 is 0 Å². The Kier molecular flexibility index (Phi) is 7.98. The zero-order valence-corrected chi connectivity index (χ0v) is 11.8. The molecule has 3 heteroatoms. The molecular weight excluding hydrogens is 202 g/mol. The summed E-state index contributed by atoms with van der Waals surface area (Å²) in [5.41, 5.74) is 0.149. The SMILES string of the molecule is CCOCCOC(CNC(C)(C)C)C(C)C. The molecule has 3 nitrogen and oxygen atoms in total. The third kappa shape index (κ3) is 9.13. The quantitative estimate of drug-likeness (QED) is 0.651. The van der Waals surface area contributed by atoms with Crippen LogP contribution in [0.4, 0.5) is 0 Å². The van der Waals surface area contributed by atoms with Gasteiger partial charge in [0.25, 0.3) is 0 Å². The maximum absolute atomic E-state index is 5.81. The molecule has 0 aromatic rings. The Morgan fingerprint density at radius 3 is 2.19 bits per heavy atom. The second-order valence-electron chi connectivity index (χ2n) is 5.48. The molecule has 0 aromatic heterocycles. The van der Waals surface area contributed by atoms with Crippen LogP contribution < -0.4 is 5.32 Å². The van der Waals surface area contributed by atoms with Crippen molar-refractivity contribution in [1.29, 1.82) is 0 Å². The lowest BCUT2D eigenvalue weighted by Gasteiger charge is -2.27. The van der Waals surface area contributed by atoms with Gasteiger partial charge in [-0.25, -0.2) is 0 Å². The second kappa shape index (κ2) is 8.04. The fourth-order valence-electron chi connectivity index (χ4n) is 1.30. The summed E-state index contributed by atoms with van der Waals surface area (Å²) in [4.78, 5) is 0. The summed E-state index contributed by atoms with van der Waals surface area (Å²) in [5, 5.41) is 3.48. The number of ether oxygens (including phenoxy) is 2. The maximum Gasteiger partial charge on any atom is 0.0723 e. The van der Waals surface area contributed by atoms with Gasteiger partial charge < -0.3 is 14.8 Å². The molecule has 0 bridgehead atoms. The highest BCUT2D eigenvalue weighted by Crippen LogP contribution is 2.08. The molecule has 0 radical (unpaired) electrons. The Morgan fingerprint density at radius 1 is 1.12 bits per heavy atom. The molecule has 98 valence electrons. The van der Waals surface area contributed by atoms with Crippen LogP contribution in [0.15, 0.2) is 0 Å². The van der Waals surface area contributed by atoms with Crippen LogP contribution in [0.2, 0.25) is 0 Å². The Hall–Kier alpha value is -0.120. The molecule has 0 fully saturated rings. The third-order valence-electron chi connectivity index (χ3n) is 2.34. The molecule has 0 aliphatic carbocycles. The van der Waals surface area contributed by atoms with E-state index in [-0.39, 0.29) is 11.6 Å². The summed E-state index contributed by atoms with van der Waals surface area (Å²) in [6.45, 7) is 15.9. The second-order valence-corrected chi connectivity index (χ2v) is 5.48. The summed E-state index contributed by atoms with van der Waals surface area (Å²) in [6.07, 6.45) is 0.264. The highest BCUT2D eigenvalue weighted by molar-refractivity contribution is 4.75. The number of nitrogens with one attached hydrogen (secondary N) is 1. The van der Waals surface area contributed by atoms with Crippen LogP contribution in [0.3, 0.4) is 0 Å². The van der Waals surface area contributed by atoms with Gasteiger partial charge in [-0.2, -0.15) is 0 Å². The monoisotopic (exact) mass is 231 g/mol. The van der Waals surface area contributed by atoms with Crippen molar-refractivity contribution >= 4 is 0 Å². The minimum Gasteiger partial charge on any atom is -0.379 e. The predicted octanol–water partition coefficient (Wildman–Crippen LogP) is 2.45. The minimum absolute atomic E-state index is 0.149. The zero-order chi connectivity index (χ0) is 12.6. The van der Waals surface area contributed by atoms with Crippen molar-refractivity contribution < 1.29 is 9.47 Å².